The van der Waals surface area contributed by atoms with Crippen molar-refractivity contribution in [3.05, 3.63) is 41.5 Å². The molecule has 1 aromatic carbocycles. The monoisotopic (exact) mass is 331 g/mol. The van der Waals surface area contributed by atoms with E-state index in [0.29, 0.717) is 17.3 Å². The summed E-state index contributed by atoms with van der Waals surface area (Å²) >= 11 is 0. The average Bonchev–Trinajstić information content (AvgIpc) is 2.88. The molecule has 0 radical (unpaired) electrons. The number of allylic oxidation sites excluding steroid dienone is 2. The van der Waals surface area contributed by atoms with Gasteiger partial charge < -0.3 is 0 Å². The molecule has 1 aliphatic heterocycles. The molecule has 3 nitrogen and oxygen atoms in total. The minimum absolute atomic E-state index is 0.0633. The molecule has 1 spiro atoms. The topological polar surface area (TPSA) is 37.4 Å². The summed E-state index contributed by atoms with van der Waals surface area (Å²) < 4.78 is 0. The lowest BCUT2D eigenvalue weighted by Crippen LogP contribution is -2.33. The molecule has 25 heavy (non-hydrogen) atoms. The fourth-order valence-corrected chi connectivity index (χ4v) is 7.87. The van der Waals surface area contributed by atoms with Gasteiger partial charge in [-0.3, -0.25) is 14.5 Å². The van der Waals surface area contributed by atoms with Crippen LogP contribution >= 0.6 is 0 Å². The first-order chi connectivity index (χ1) is 12.2. The molecule has 6 aliphatic rings. The fourth-order valence-electron chi connectivity index (χ4n) is 7.87. The number of para-hydroxylation sites is 1. The number of carbonyl (C=O) groups is 2. The highest BCUT2D eigenvalue weighted by Gasteiger charge is 2.73. The Kier molecular flexibility index (Phi) is 2.09. The minimum atomic E-state index is -0.0633. The largest absolute Gasteiger partial charge is 0.274 e. The highest BCUT2D eigenvalue weighted by molar-refractivity contribution is 6.23. The van der Waals surface area contributed by atoms with Crippen molar-refractivity contribution in [2.24, 2.45) is 40.9 Å². The van der Waals surface area contributed by atoms with Gasteiger partial charge in [0.05, 0.1) is 17.5 Å². The number of imide groups is 1. The predicted octanol–water partition coefficient (Wildman–Crippen LogP) is 3.56. The lowest BCUT2D eigenvalue weighted by Gasteiger charge is -2.29. The molecule has 0 unspecified atom stereocenters. The normalized spacial score (nSPS) is 44.2. The molecule has 3 saturated carbocycles. The molecule has 0 aromatic heterocycles. The van der Waals surface area contributed by atoms with Gasteiger partial charge in [-0.15, -0.1) is 0 Å². The van der Waals surface area contributed by atoms with E-state index in [0.717, 1.165) is 23.9 Å². The van der Waals surface area contributed by atoms with Gasteiger partial charge in [0.15, 0.2) is 0 Å². The van der Waals surface area contributed by atoms with Gasteiger partial charge >= 0.3 is 0 Å². The van der Waals surface area contributed by atoms with Crippen molar-refractivity contribution >= 4 is 17.5 Å². The fraction of sp³-hybridized carbons (Fsp3) is 0.545. The first-order valence-corrected chi connectivity index (χ1v) is 9.89. The van der Waals surface area contributed by atoms with Crippen LogP contribution in [0, 0.1) is 40.9 Å². The SMILES string of the molecule is O=C1[C@H]2[C@H](C(=O)N1c1ccccc1)[C@H]1C[C@H]2C2=C1[C@H]1CC[C@H]2C12CC2. The first kappa shape index (κ1) is 13.3. The highest BCUT2D eigenvalue weighted by atomic mass is 16.2. The Labute approximate surface area is 147 Å². The van der Waals surface area contributed by atoms with Gasteiger partial charge in [-0.05, 0) is 73.3 Å². The molecular formula is C22H21NO2. The molecule has 1 heterocycles. The zero-order valence-electron chi connectivity index (χ0n) is 14.2. The number of rotatable bonds is 1. The van der Waals surface area contributed by atoms with Crippen molar-refractivity contribution in [3.63, 3.8) is 0 Å². The van der Waals surface area contributed by atoms with Gasteiger partial charge in [0.1, 0.15) is 0 Å². The van der Waals surface area contributed by atoms with Crippen molar-refractivity contribution in [1.82, 2.24) is 0 Å². The van der Waals surface area contributed by atoms with Crippen LogP contribution < -0.4 is 4.90 Å². The number of benzene rings is 1. The summed E-state index contributed by atoms with van der Waals surface area (Å²) in [5, 5.41) is 0. The molecule has 2 amide bonds. The van der Waals surface area contributed by atoms with Gasteiger partial charge in [0.25, 0.3) is 0 Å². The third-order valence-corrected chi connectivity index (χ3v) is 8.63. The predicted molar refractivity (Wildman–Crippen MR) is 92.4 cm³/mol. The number of hydrogen-bond donors (Lipinski definition) is 0. The number of fused-ring (bicyclic) bond motifs is 9. The number of anilines is 1. The Balaban J connectivity index is 1.33. The summed E-state index contributed by atoms with van der Waals surface area (Å²) in [6.45, 7) is 0. The Morgan fingerprint density at radius 3 is 1.92 bits per heavy atom. The summed E-state index contributed by atoms with van der Waals surface area (Å²) in [7, 11) is 0. The number of amides is 2. The third-order valence-electron chi connectivity index (χ3n) is 8.63. The summed E-state index contributed by atoms with van der Waals surface area (Å²) in [4.78, 5) is 28.0. The summed E-state index contributed by atoms with van der Waals surface area (Å²) in [5.41, 5.74) is 4.70. The molecule has 1 aromatic rings. The van der Waals surface area contributed by atoms with E-state index < -0.39 is 0 Å². The van der Waals surface area contributed by atoms with Crippen LogP contribution in [0.25, 0.3) is 0 Å². The molecule has 5 aliphatic carbocycles. The Hall–Kier alpha value is -1.90. The number of carbonyl (C=O) groups excluding carboxylic acids is 2. The van der Waals surface area contributed by atoms with Gasteiger partial charge in [-0.2, -0.15) is 0 Å². The second-order valence-electron chi connectivity index (χ2n) is 9.17. The molecule has 0 N–H and O–H groups in total. The van der Waals surface area contributed by atoms with Gasteiger partial charge in [0.2, 0.25) is 11.8 Å². The van der Waals surface area contributed by atoms with E-state index in [1.165, 1.54) is 30.6 Å². The molecule has 126 valence electrons. The molecule has 4 bridgehead atoms. The van der Waals surface area contributed by atoms with Crippen molar-refractivity contribution in [3.8, 4) is 0 Å². The van der Waals surface area contributed by atoms with Crippen LogP contribution in [-0.2, 0) is 9.59 Å². The maximum Gasteiger partial charge on any atom is 0.238 e. The van der Waals surface area contributed by atoms with E-state index >= 15 is 0 Å². The van der Waals surface area contributed by atoms with Crippen LogP contribution in [0.2, 0.25) is 0 Å². The van der Waals surface area contributed by atoms with Crippen LogP contribution in [0.5, 0.6) is 0 Å². The highest BCUT2D eigenvalue weighted by Crippen LogP contribution is 2.79. The van der Waals surface area contributed by atoms with E-state index in [1.807, 2.05) is 30.3 Å². The average molecular weight is 331 g/mol. The van der Waals surface area contributed by atoms with Crippen molar-refractivity contribution < 1.29 is 9.59 Å². The van der Waals surface area contributed by atoms with Crippen LogP contribution in [0.1, 0.15) is 32.1 Å². The van der Waals surface area contributed by atoms with Crippen LogP contribution in [-0.4, -0.2) is 11.8 Å². The van der Waals surface area contributed by atoms with Gasteiger partial charge in [-0.1, -0.05) is 29.3 Å². The molecule has 3 heteroatoms. The van der Waals surface area contributed by atoms with Crippen LogP contribution in [0.15, 0.2) is 41.5 Å². The van der Waals surface area contributed by atoms with Gasteiger partial charge in [0, 0.05) is 0 Å². The second kappa shape index (κ2) is 3.92. The van der Waals surface area contributed by atoms with E-state index in [-0.39, 0.29) is 23.7 Å². The standard InChI is InChI=1S/C22H21NO2/c24-20-18-12-10-13(17-15-7-6-14(16(12)17)22(15)8-9-22)19(18)21(25)23(20)11-4-2-1-3-5-11/h1-5,12-15,18-19H,6-10H2/t12-,13-,14+,15+,18+,19+/m0/s1. The zero-order chi connectivity index (χ0) is 16.5. The van der Waals surface area contributed by atoms with Crippen LogP contribution in [0.4, 0.5) is 5.69 Å². The van der Waals surface area contributed by atoms with Crippen molar-refractivity contribution in [2.75, 3.05) is 4.90 Å². The summed E-state index contributed by atoms with van der Waals surface area (Å²) in [5.74, 6) is 2.30. The second-order valence-corrected chi connectivity index (χ2v) is 9.17. The van der Waals surface area contributed by atoms with E-state index in [9.17, 15) is 9.59 Å². The lowest BCUT2D eigenvalue weighted by atomic mass is 9.72. The molecular weight excluding hydrogens is 310 g/mol. The maximum absolute atomic E-state index is 13.2. The first-order valence-electron chi connectivity index (χ1n) is 9.89. The smallest absolute Gasteiger partial charge is 0.238 e. The quantitative estimate of drug-likeness (QED) is 0.583. The Morgan fingerprint density at radius 2 is 1.40 bits per heavy atom. The maximum atomic E-state index is 13.2. The van der Waals surface area contributed by atoms with E-state index in [1.54, 1.807) is 11.1 Å². The summed E-state index contributed by atoms with van der Waals surface area (Å²) in [6, 6.07) is 9.54. The third kappa shape index (κ3) is 1.26. The number of hydrogen-bond acceptors (Lipinski definition) is 2. The minimum Gasteiger partial charge on any atom is -0.274 e. The molecule has 7 rings (SSSR count). The molecule has 4 fully saturated rings. The van der Waals surface area contributed by atoms with E-state index in [2.05, 4.69) is 0 Å². The van der Waals surface area contributed by atoms with E-state index in [4.69, 9.17) is 0 Å². The number of nitrogens with zero attached hydrogens (tertiary/aromatic N) is 1. The molecule has 6 atom stereocenters. The summed E-state index contributed by atoms with van der Waals surface area (Å²) in [6.07, 6.45) is 6.55. The lowest BCUT2D eigenvalue weighted by molar-refractivity contribution is -0.123. The zero-order valence-corrected chi connectivity index (χ0v) is 14.2. The van der Waals surface area contributed by atoms with Crippen LogP contribution in [0.3, 0.4) is 0 Å². The van der Waals surface area contributed by atoms with Gasteiger partial charge in [-0.25, -0.2) is 0 Å². The Bertz CT molecular complexity index is 833. The van der Waals surface area contributed by atoms with Crippen molar-refractivity contribution in [2.45, 2.75) is 32.1 Å². The van der Waals surface area contributed by atoms with Crippen molar-refractivity contribution in [1.29, 1.82) is 0 Å². The molecule has 1 saturated heterocycles. The Morgan fingerprint density at radius 1 is 0.840 bits per heavy atom.